The number of benzene rings is 2. The summed E-state index contributed by atoms with van der Waals surface area (Å²) in [6.45, 7) is 3.80. The van der Waals surface area contributed by atoms with E-state index in [2.05, 4.69) is 5.32 Å². The van der Waals surface area contributed by atoms with Crippen LogP contribution in [-0.2, 0) is 9.53 Å². The summed E-state index contributed by atoms with van der Waals surface area (Å²) in [4.78, 5) is 11.9. The molecule has 4 nitrogen and oxygen atoms in total. The maximum atomic E-state index is 11.9. The molecule has 0 aliphatic heterocycles. The van der Waals surface area contributed by atoms with Gasteiger partial charge in [-0.25, -0.2) is 0 Å². The van der Waals surface area contributed by atoms with Crippen molar-refractivity contribution in [1.29, 1.82) is 0 Å². The normalized spacial score (nSPS) is 11.9. The van der Waals surface area contributed by atoms with Gasteiger partial charge in [-0.1, -0.05) is 36.4 Å². The second-order valence-corrected chi connectivity index (χ2v) is 4.93. The zero-order chi connectivity index (χ0) is 15.2. The lowest BCUT2D eigenvalue weighted by Gasteiger charge is -2.14. The van der Waals surface area contributed by atoms with Crippen molar-refractivity contribution < 1.29 is 9.53 Å². The minimum absolute atomic E-state index is 0.00427. The first-order chi connectivity index (χ1) is 10.1. The van der Waals surface area contributed by atoms with Gasteiger partial charge in [0.1, 0.15) is 6.61 Å². The van der Waals surface area contributed by atoms with Crippen LogP contribution in [0.1, 0.15) is 24.2 Å². The van der Waals surface area contributed by atoms with Crippen molar-refractivity contribution in [3.05, 3.63) is 59.7 Å². The highest BCUT2D eigenvalue weighted by Crippen LogP contribution is 2.21. The van der Waals surface area contributed by atoms with E-state index in [1.165, 1.54) is 0 Å². The molecular formula is C17H20N2O2. The van der Waals surface area contributed by atoms with Gasteiger partial charge >= 0.3 is 0 Å². The Morgan fingerprint density at radius 2 is 1.90 bits per heavy atom. The number of hydrogen-bond donors (Lipinski definition) is 2. The molecule has 1 atom stereocenters. The van der Waals surface area contributed by atoms with E-state index >= 15 is 0 Å². The highest BCUT2D eigenvalue weighted by Gasteiger charge is 2.10. The Labute approximate surface area is 124 Å². The van der Waals surface area contributed by atoms with E-state index in [0.29, 0.717) is 5.69 Å². The molecule has 0 radical (unpaired) electrons. The molecule has 2 aromatic rings. The molecule has 0 aliphatic carbocycles. The SMILES string of the molecule is Cc1c(N)cccc1NC(=O)COC(C)c1ccccc1. The molecule has 2 rings (SSSR count). The molecule has 0 fully saturated rings. The molecule has 0 aliphatic rings. The third kappa shape index (κ3) is 4.07. The second-order valence-electron chi connectivity index (χ2n) is 4.93. The first-order valence-corrected chi connectivity index (χ1v) is 6.89. The number of carbonyl (C=O) groups excluding carboxylic acids is 1. The number of hydrogen-bond acceptors (Lipinski definition) is 3. The van der Waals surface area contributed by atoms with E-state index in [-0.39, 0.29) is 18.6 Å². The summed E-state index contributed by atoms with van der Waals surface area (Å²) in [5.74, 6) is -0.188. The molecule has 0 bridgehead atoms. The fourth-order valence-electron chi connectivity index (χ4n) is 2.00. The monoisotopic (exact) mass is 284 g/mol. The van der Waals surface area contributed by atoms with Crippen molar-refractivity contribution >= 4 is 17.3 Å². The van der Waals surface area contributed by atoms with Crippen LogP contribution < -0.4 is 11.1 Å². The number of nitrogens with two attached hydrogens (primary N) is 1. The highest BCUT2D eigenvalue weighted by molar-refractivity contribution is 5.93. The van der Waals surface area contributed by atoms with Gasteiger partial charge < -0.3 is 15.8 Å². The Hall–Kier alpha value is -2.33. The maximum absolute atomic E-state index is 11.9. The molecule has 21 heavy (non-hydrogen) atoms. The van der Waals surface area contributed by atoms with Crippen molar-refractivity contribution in [1.82, 2.24) is 0 Å². The first kappa shape index (κ1) is 15.1. The fraction of sp³-hybridized carbons (Fsp3) is 0.235. The van der Waals surface area contributed by atoms with Crippen LogP contribution in [0.5, 0.6) is 0 Å². The fourth-order valence-corrected chi connectivity index (χ4v) is 2.00. The number of carbonyl (C=O) groups is 1. The van der Waals surface area contributed by atoms with Gasteiger partial charge in [0.2, 0.25) is 5.91 Å². The molecule has 0 aromatic heterocycles. The summed E-state index contributed by atoms with van der Waals surface area (Å²) in [6, 6.07) is 15.2. The standard InChI is InChI=1S/C17H20N2O2/c1-12-15(18)9-6-10-16(12)19-17(20)11-21-13(2)14-7-4-3-5-8-14/h3-10,13H,11,18H2,1-2H3,(H,19,20). The van der Waals surface area contributed by atoms with Crippen LogP contribution >= 0.6 is 0 Å². The summed E-state index contributed by atoms with van der Waals surface area (Å²) in [5.41, 5.74) is 9.10. The van der Waals surface area contributed by atoms with Gasteiger partial charge in [-0.3, -0.25) is 4.79 Å². The van der Waals surface area contributed by atoms with Gasteiger partial charge in [-0.2, -0.15) is 0 Å². The molecule has 0 saturated heterocycles. The summed E-state index contributed by atoms with van der Waals surface area (Å²) < 4.78 is 5.59. The van der Waals surface area contributed by atoms with Gasteiger partial charge in [0.05, 0.1) is 6.10 Å². The largest absolute Gasteiger partial charge is 0.398 e. The van der Waals surface area contributed by atoms with Gasteiger partial charge in [-0.05, 0) is 37.1 Å². The topological polar surface area (TPSA) is 64.3 Å². The van der Waals surface area contributed by atoms with E-state index in [0.717, 1.165) is 16.8 Å². The Balaban J connectivity index is 1.89. The number of ether oxygens (including phenoxy) is 1. The lowest BCUT2D eigenvalue weighted by Crippen LogP contribution is -2.20. The van der Waals surface area contributed by atoms with Crippen molar-refractivity contribution in [2.24, 2.45) is 0 Å². The van der Waals surface area contributed by atoms with E-state index in [1.54, 1.807) is 6.07 Å². The maximum Gasteiger partial charge on any atom is 0.250 e. The molecule has 0 saturated carbocycles. The molecule has 2 aromatic carbocycles. The van der Waals surface area contributed by atoms with Gasteiger partial charge in [0, 0.05) is 11.4 Å². The predicted octanol–water partition coefficient (Wildman–Crippen LogP) is 3.29. The van der Waals surface area contributed by atoms with Crippen molar-refractivity contribution in [3.8, 4) is 0 Å². The van der Waals surface area contributed by atoms with Crippen LogP contribution in [0, 0.1) is 6.92 Å². The van der Waals surface area contributed by atoms with Crippen molar-refractivity contribution in [2.75, 3.05) is 17.7 Å². The number of nitrogens with one attached hydrogen (secondary N) is 1. The molecule has 4 heteroatoms. The average molecular weight is 284 g/mol. The lowest BCUT2D eigenvalue weighted by molar-refractivity contribution is -0.122. The summed E-state index contributed by atoms with van der Waals surface area (Å²) in [7, 11) is 0. The molecule has 0 spiro atoms. The zero-order valence-electron chi connectivity index (χ0n) is 12.3. The number of amides is 1. The van der Waals surface area contributed by atoms with E-state index in [9.17, 15) is 4.79 Å². The van der Waals surface area contributed by atoms with Gasteiger partial charge in [0.25, 0.3) is 0 Å². The average Bonchev–Trinajstić information content (AvgIpc) is 2.50. The third-order valence-corrected chi connectivity index (χ3v) is 3.38. The van der Waals surface area contributed by atoms with Crippen molar-refractivity contribution in [3.63, 3.8) is 0 Å². The zero-order valence-corrected chi connectivity index (χ0v) is 12.3. The third-order valence-electron chi connectivity index (χ3n) is 3.38. The summed E-state index contributed by atoms with van der Waals surface area (Å²) >= 11 is 0. The van der Waals surface area contributed by atoms with Crippen LogP contribution in [0.4, 0.5) is 11.4 Å². The van der Waals surface area contributed by atoms with E-state index in [4.69, 9.17) is 10.5 Å². The van der Waals surface area contributed by atoms with Crippen molar-refractivity contribution in [2.45, 2.75) is 20.0 Å². The number of anilines is 2. The van der Waals surface area contributed by atoms with E-state index < -0.39 is 0 Å². The quantitative estimate of drug-likeness (QED) is 0.828. The summed E-state index contributed by atoms with van der Waals surface area (Å²) in [5, 5.41) is 2.81. The molecule has 1 unspecified atom stereocenters. The van der Waals surface area contributed by atoms with Gasteiger partial charge in [-0.15, -0.1) is 0 Å². The molecule has 3 N–H and O–H groups in total. The summed E-state index contributed by atoms with van der Waals surface area (Å²) in [6.07, 6.45) is -0.126. The van der Waals surface area contributed by atoms with Gasteiger partial charge in [0.15, 0.2) is 0 Å². The number of rotatable bonds is 5. The number of nitrogen functional groups attached to an aromatic ring is 1. The second kappa shape index (κ2) is 6.90. The van der Waals surface area contributed by atoms with E-state index in [1.807, 2.05) is 56.3 Å². The van der Waals surface area contributed by atoms with Crippen LogP contribution in [0.2, 0.25) is 0 Å². The van der Waals surface area contributed by atoms with Crippen LogP contribution in [0.25, 0.3) is 0 Å². The van der Waals surface area contributed by atoms with Crippen LogP contribution in [0.3, 0.4) is 0 Å². The smallest absolute Gasteiger partial charge is 0.250 e. The highest BCUT2D eigenvalue weighted by atomic mass is 16.5. The minimum Gasteiger partial charge on any atom is -0.398 e. The Bertz CT molecular complexity index is 611. The minimum atomic E-state index is -0.188. The Morgan fingerprint density at radius 3 is 2.62 bits per heavy atom. The first-order valence-electron chi connectivity index (χ1n) is 6.89. The molecule has 1 amide bonds. The van der Waals surface area contributed by atoms with Crippen LogP contribution in [-0.4, -0.2) is 12.5 Å². The van der Waals surface area contributed by atoms with Crippen LogP contribution in [0.15, 0.2) is 48.5 Å². The lowest BCUT2D eigenvalue weighted by atomic mass is 10.1. The molecular weight excluding hydrogens is 264 g/mol. The Kier molecular flexibility index (Phi) is 4.95. The molecule has 110 valence electrons. The predicted molar refractivity (Wildman–Crippen MR) is 85.0 cm³/mol. The Morgan fingerprint density at radius 1 is 1.19 bits per heavy atom. The molecule has 0 heterocycles.